The van der Waals surface area contributed by atoms with Gasteiger partial charge < -0.3 is 4.74 Å². The van der Waals surface area contributed by atoms with Crippen LogP contribution in [0, 0.1) is 0 Å². The number of hydrogen-bond donors (Lipinski definition) is 0. The Labute approximate surface area is 163 Å². The van der Waals surface area contributed by atoms with Crippen LogP contribution >= 0.6 is 11.8 Å². The fourth-order valence-corrected chi connectivity index (χ4v) is 3.87. The fourth-order valence-electron chi connectivity index (χ4n) is 3.03. The summed E-state index contributed by atoms with van der Waals surface area (Å²) in [6, 6.07) is 16.5. The molecule has 4 rings (SSSR count). The zero-order valence-corrected chi connectivity index (χ0v) is 16.7. The number of rotatable bonds is 3. The number of ether oxygens (including phenoxy) is 1. The van der Waals surface area contributed by atoms with Crippen molar-refractivity contribution in [3.63, 3.8) is 0 Å². The lowest BCUT2D eigenvalue weighted by Gasteiger charge is -2.20. The van der Waals surface area contributed by atoms with Gasteiger partial charge in [0, 0.05) is 5.75 Å². The number of hydrogen-bond acceptors (Lipinski definition) is 5. The molecule has 2 heterocycles. The molecule has 0 atom stereocenters. The molecule has 0 amide bonds. The third kappa shape index (κ3) is 3.37. The van der Waals surface area contributed by atoms with Gasteiger partial charge in [-0.15, -0.1) is 10.2 Å². The van der Waals surface area contributed by atoms with Crippen LogP contribution in [0.2, 0.25) is 0 Å². The average Bonchev–Trinajstić information content (AvgIpc) is 3.10. The van der Waals surface area contributed by atoms with Gasteiger partial charge in [0.05, 0.1) is 18.4 Å². The molecule has 138 valence electrons. The number of benzene rings is 2. The Morgan fingerprint density at radius 3 is 2.44 bits per heavy atom. The van der Waals surface area contributed by atoms with E-state index in [1.165, 1.54) is 5.56 Å². The number of methoxy groups -OCH3 is 1. The molecule has 0 unspecified atom stereocenters. The van der Waals surface area contributed by atoms with Gasteiger partial charge in [0.1, 0.15) is 5.75 Å². The predicted octanol–water partition coefficient (Wildman–Crippen LogP) is 4.61. The van der Waals surface area contributed by atoms with E-state index >= 15 is 0 Å². The summed E-state index contributed by atoms with van der Waals surface area (Å²) in [5.41, 5.74) is 4.48. The Hall–Kier alpha value is -2.60. The second-order valence-corrected chi connectivity index (χ2v) is 8.42. The van der Waals surface area contributed by atoms with Crippen molar-refractivity contribution in [2.24, 2.45) is 5.10 Å². The monoisotopic (exact) mass is 378 g/mol. The number of aromatic nitrogens is 3. The largest absolute Gasteiger partial charge is 0.496 e. The van der Waals surface area contributed by atoms with Crippen LogP contribution in [-0.2, 0) is 5.41 Å². The summed E-state index contributed by atoms with van der Waals surface area (Å²) in [7, 11) is 1.66. The summed E-state index contributed by atoms with van der Waals surface area (Å²) in [6.07, 6.45) is 0. The number of thioether (sulfide) groups is 1. The Balaban J connectivity index is 1.74. The van der Waals surface area contributed by atoms with Crippen LogP contribution in [0.3, 0.4) is 0 Å². The molecular formula is C21H22N4OS. The number of para-hydroxylation sites is 1. The maximum atomic E-state index is 5.48. The minimum atomic E-state index is 0.139. The molecule has 1 aliphatic heterocycles. The highest BCUT2D eigenvalue weighted by atomic mass is 32.2. The third-order valence-corrected chi connectivity index (χ3v) is 5.53. The van der Waals surface area contributed by atoms with Crippen molar-refractivity contribution in [1.29, 1.82) is 0 Å². The quantitative estimate of drug-likeness (QED) is 0.668. The van der Waals surface area contributed by atoms with Crippen LogP contribution in [0.1, 0.15) is 31.9 Å². The van der Waals surface area contributed by atoms with Gasteiger partial charge in [0.2, 0.25) is 5.16 Å². The first kappa shape index (κ1) is 17.8. The SMILES string of the molecule is COc1ccccc1-c1nnc2n1N=C(c1ccc(C(C)(C)C)cc1)CS2. The summed E-state index contributed by atoms with van der Waals surface area (Å²) in [5.74, 6) is 2.23. The molecule has 0 spiro atoms. The van der Waals surface area contributed by atoms with E-state index in [4.69, 9.17) is 9.84 Å². The van der Waals surface area contributed by atoms with Crippen molar-refractivity contribution in [2.45, 2.75) is 31.3 Å². The first-order valence-corrected chi connectivity index (χ1v) is 9.86. The summed E-state index contributed by atoms with van der Waals surface area (Å²) in [4.78, 5) is 0. The Kier molecular flexibility index (Phi) is 4.52. The zero-order chi connectivity index (χ0) is 19.0. The van der Waals surface area contributed by atoms with Gasteiger partial charge in [-0.1, -0.05) is 68.9 Å². The van der Waals surface area contributed by atoms with Crippen molar-refractivity contribution in [2.75, 3.05) is 12.9 Å². The molecule has 1 aromatic heterocycles. The second kappa shape index (κ2) is 6.85. The Morgan fingerprint density at radius 2 is 1.74 bits per heavy atom. The first-order valence-electron chi connectivity index (χ1n) is 8.88. The van der Waals surface area contributed by atoms with Crippen LogP contribution in [0.25, 0.3) is 11.4 Å². The highest BCUT2D eigenvalue weighted by Crippen LogP contribution is 2.33. The molecule has 0 N–H and O–H groups in total. The molecule has 5 nitrogen and oxygen atoms in total. The van der Waals surface area contributed by atoms with E-state index in [0.717, 1.165) is 33.5 Å². The van der Waals surface area contributed by atoms with Crippen LogP contribution < -0.4 is 4.74 Å². The number of nitrogens with zero attached hydrogens (tertiary/aromatic N) is 4. The molecule has 6 heteroatoms. The number of fused-ring (bicyclic) bond motifs is 1. The van der Waals surface area contributed by atoms with Gasteiger partial charge in [-0.05, 0) is 28.7 Å². The highest BCUT2D eigenvalue weighted by Gasteiger charge is 2.22. The summed E-state index contributed by atoms with van der Waals surface area (Å²) >= 11 is 1.65. The molecule has 3 aromatic rings. The van der Waals surface area contributed by atoms with Gasteiger partial charge in [-0.2, -0.15) is 9.78 Å². The molecular weight excluding hydrogens is 356 g/mol. The van der Waals surface area contributed by atoms with E-state index in [0.29, 0.717) is 5.82 Å². The van der Waals surface area contributed by atoms with Crippen molar-refractivity contribution < 1.29 is 4.74 Å². The lowest BCUT2D eigenvalue weighted by atomic mass is 9.86. The maximum Gasteiger partial charge on any atom is 0.212 e. The average molecular weight is 379 g/mol. The van der Waals surface area contributed by atoms with Crippen LogP contribution in [0.15, 0.2) is 58.8 Å². The van der Waals surface area contributed by atoms with Gasteiger partial charge in [0.25, 0.3) is 0 Å². The normalized spacial score (nSPS) is 13.9. The Morgan fingerprint density at radius 1 is 1.00 bits per heavy atom. The minimum absolute atomic E-state index is 0.139. The van der Waals surface area contributed by atoms with E-state index in [1.807, 2.05) is 28.9 Å². The predicted molar refractivity (Wildman–Crippen MR) is 110 cm³/mol. The van der Waals surface area contributed by atoms with Crippen molar-refractivity contribution >= 4 is 17.5 Å². The van der Waals surface area contributed by atoms with E-state index < -0.39 is 0 Å². The van der Waals surface area contributed by atoms with Crippen molar-refractivity contribution in [1.82, 2.24) is 14.9 Å². The molecule has 2 aromatic carbocycles. The van der Waals surface area contributed by atoms with E-state index in [2.05, 4.69) is 55.2 Å². The van der Waals surface area contributed by atoms with Crippen molar-refractivity contribution in [3.8, 4) is 17.1 Å². The topological polar surface area (TPSA) is 52.3 Å². The third-order valence-electron chi connectivity index (χ3n) is 4.60. The van der Waals surface area contributed by atoms with Crippen LogP contribution in [-0.4, -0.2) is 33.4 Å². The minimum Gasteiger partial charge on any atom is -0.496 e. The molecule has 1 aliphatic rings. The lowest BCUT2D eigenvalue weighted by Crippen LogP contribution is -2.15. The fraction of sp³-hybridized carbons (Fsp3) is 0.286. The molecule has 0 saturated heterocycles. The maximum absolute atomic E-state index is 5.48. The lowest BCUT2D eigenvalue weighted by molar-refractivity contribution is 0.416. The molecule has 0 aliphatic carbocycles. The molecule has 0 saturated carbocycles. The summed E-state index contributed by atoms with van der Waals surface area (Å²) < 4.78 is 7.30. The van der Waals surface area contributed by atoms with Gasteiger partial charge >= 0.3 is 0 Å². The highest BCUT2D eigenvalue weighted by molar-refractivity contribution is 7.99. The summed E-state index contributed by atoms with van der Waals surface area (Å²) in [6.45, 7) is 6.66. The summed E-state index contributed by atoms with van der Waals surface area (Å²) in [5, 5.41) is 14.3. The van der Waals surface area contributed by atoms with Crippen molar-refractivity contribution in [3.05, 3.63) is 59.7 Å². The van der Waals surface area contributed by atoms with Gasteiger partial charge in [-0.3, -0.25) is 0 Å². The van der Waals surface area contributed by atoms with E-state index in [1.54, 1.807) is 18.9 Å². The molecule has 0 radical (unpaired) electrons. The van der Waals surface area contributed by atoms with Gasteiger partial charge in [-0.25, -0.2) is 0 Å². The standard InChI is InChI=1S/C21H22N4OS/c1-21(2,3)15-11-9-14(10-12-15)17-13-27-20-23-22-19(25(20)24-17)16-7-5-6-8-18(16)26-4/h5-12H,13H2,1-4H3. The zero-order valence-electron chi connectivity index (χ0n) is 15.9. The molecule has 0 bridgehead atoms. The van der Waals surface area contributed by atoms with E-state index in [-0.39, 0.29) is 5.41 Å². The van der Waals surface area contributed by atoms with Crippen LogP contribution in [0.4, 0.5) is 0 Å². The van der Waals surface area contributed by atoms with Gasteiger partial charge in [0.15, 0.2) is 5.82 Å². The van der Waals surface area contributed by atoms with E-state index in [9.17, 15) is 0 Å². The smallest absolute Gasteiger partial charge is 0.212 e. The molecule has 0 fully saturated rings. The first-order chi connectivity index (χ1) is 13.0. The second-order valence-electron chi connectivity index (χ2n) is 7.48. The Bertz CT molecular complexity index is 1000. The van der Waals surface area contributed by atoms with Crippen LogP contribution in [0.5, 0.6) is 5.75 Å². The molecule has 27 heavy (non-hydrogen) atoms.